The van der Waals surface area contributed by atoms with Gasteiger partial charge in [-0.3, -0.25) is 10.00 Å². The van der Waals surface area contributed by atoms with E-state index in [-0.39, 0.29) is 5.54 Å². The van der Waals surface area contributed by atoms with Crippen LogP contribution in [0.4, 0.5) is 5.69 Å². The molecule has 0 saturated carbocycles. The van der Waals surface area contributed by atoms with Gasteiger partial charge in [-0.15, -0.1) is 0 Å². The standard InChI is InChI=1S/C18H26N4O/c1-18(2)14-21(9-8-15-12-19-20-13-15)10-11-22(18)16-4-6-17(23-3)7-5-16/h4-7,12-13H,8-11,14H2,1-3H3,(H,19,20). The third-order valence-electron chi connectivity index (χ3n) is 4.64. The van der Waals surface area contributed by atoms with E-state index in [1.54, 1.807) is 7.11 Å². The third-order valence-corrected chi connectivity index (χ3v) is 4.64. The molecule has 23 heavy (non-hydrogen) atoms. The van der Waals surface area contributed by atoms with Crippen molar-refractivity contribution in [1.29, 1.82) is 0 Å². The lowest BCUT2D eigenvalue weighted by molar-refractivity contribution is 0.184. The molecule has 0 unspecified atom stereocenters. The molecule has 0 bridgehead atoms. The average Bonchev–Trinajstić information content (AvgIpc) is 3.06. The van der Waals surface area contributed by atoms with Crippen LogP contribution in [0.15, 0.2) is 36.7 Å². The van der Waals surface area contributed by atoms with E-state index in [0.717, 1.165) is 38.3 Å². The number of benzene rings is 1. The van der Waals surface area contributed by atoms with Crippen molar-refractivity contribution in [3.63, 3.8) is 0 Å². The fraction of sp³-hybridized carbons (Fsp3) is 0.500. The highest BCUT2D eigenvalue weighted by Gasteiger charge is 2.33. The molecule has 0 atom stereocenters. The Labute approximate surface area is 138 Å². The molecule has 5 heteroatoms. The Kier molecular flexibility index (Phi) is 4.57. The normalized spacial score (nSPS) is 18.1. The maximum absolute atomic E-state index is 5.26. The molecule has 0 aliphatic carbocycles. The summed E-state index contributed by atoms with van der Waals surface area (Å²) in [5.41, 5.74) is 2.66. The fourth-order valence-corrected chi connectivity index (χ4v) is 3.39. The molecule has 124 valence electrons. The summed E-state index contributed by atoms with van der Waals surface area (Å²) >= 11 is 0. The second kappa shape index (κ2) is 6.62. The predicted octanol–water partition coefficient (Wildman–Crippen LogP) is 2.56. The van der Waals surface area contributed by atoms with E-state index in [1.165, 1.54) is 11.3 Å². The van der Waals surface area contributed by atoms with Gasteiger partial charge in [0.1, 0.15) is 5.75 Å². The Morgan fingerprint density at radius 2 is 2.00 bits per heavy atom. The Morgan fingerprint density at radius 3 is 2.61 bits per heavy atom. The monoisotopic (exact) mass is 314 g/mol. The van der Waals surface area contributed by atoms with Crippen molar-refractivity contribution >= 4 is 5.69 Å². The van der Waals surface area contributed by atoms with Crippen LogP contribution in [0.1, 0.15) is 19.4 Å². The highest BCUT2D eigenvalue weighted by atomic mass is 16.5. The molecule has 1 aliphatic rings. The van der Waals surface area contributed by atoms with Gasteiger partial charge in [0.15, 0.2) is 0 Å². The van der Waals surface area contributed by atoms with Crippen molar-refractivity contribution in [3.8, 4) is 5.75 Å². The lowest BCUT2D eigenvalue weighted by Crippen LogP contribution is -2.59. The molecule has 1 saturated heterocycles. The van der Waals surface area contributed by atoms with Crippen molar-refractivity contribution in [2.24, 2.45) is 0 Å². The molecular formula is C18H26N4O. The van der Waals surface area contributed by atoms with Crippen molar-refractivity contribution < 1.29 is 4.74 Å². The summed E-state index contributed by atoms with van der Waals surface area (Å²) in [6.45, 7) is 8.93. The topological polar surface area (TPSA) is 44.4 Å². The summed E-state index contributed by atoms with van der Waals surface area (Å²) in [5, 5.41) is 6.90. The number of nitrogens with one attached hydrogen (secondary N) is 1. The first kappa shape index (κ1) is 15.9. The van der Waals surface area contributed by atoms with Crippen molar-refractivity contribution in [1.82, 2.24) is 15.1 Å². The number of anilines is 1. The lowest BCUT2D eigenvalue weighted by atomic mass is 9.97. The largest absolute Gasteiger partial charge is 0.497 e. The van der Waals surface area contributed by atoms with Crippen LogP contribution in [0.3, 0.4) is 0 Å². The number of aromatic nitrogens is 2. The third kappa shape index (κ3) is 3.67. The number of nitrogens with zero attached hydrogens (tertiary/aromatic N) is 3. The maximum atomic E-state index is 5.26. The summed E-state index contributed by atoms with van der Waals surface area (Å²) in [4.78, 5) is 5.05. The number of hydrogen-bond donors (Lipinski definition) is 1. The summed E-state index contributed by atoms with van der Waals surface area (Å²) in [7, 11) is 1.71. The minimum absolute atomic E-state index is 0.114. The van der Waals surface area contributed by atoms with Crippen LogP contribution < -0.4 is 9.64 Å². The molecule has 1 N–H and O–H groups in total. The van der Waals surface area contributed by atoms with Crippen LogP contribution in [0.2, 0.25) is 0 Å². The summed E-state index contributed by atoms with van der Waals surface area (Å²) < 4.78 is 5.26. The molecule has 0 spiro atoms. The van der Waals surface area contributed by atoms with Gasteiger partial charge in [0.2, 0.25) is 0 Å². The number of aromatic amines is 1. The van der Waals surface area contributed by atoms with Gasteiger partial charge in [0.25, 0.3) is 0 Å². The molecular weight excluding hydrogens is 288 g/mol. The van der Waals surface area contributed by atoms with Crippen molar-refractivity contribution in [2.45, 2.75) is 25.8 Å². The van der Waals surface area contributed by atoms with Crippen LogP contribution in [-0.2, 0) is 6.42 Å². The van der Waals surface area contributed by atoms with E-state index in [4.69, 9.17) is 4.74 Å². The van der Waals surface area contributed by atoms with Gasteiger partial charge in [0.05, 0.1) is 13.3 Å². The van der Waals surface area contributed by atoms with Crippen LogP contribution >= 0.6 is 0 Å². The molecule has 2 heterocycles. The smallest absolute Gasteiger partial charge is 0.119 e. The molecule has 5 nitrogen and oxygen atoms in total. The Morgan fingerprint density at radius 1 is 1.22 bits per heavy atom. The van der Waals surface area contributed by atoms with Crippen LogP contribution in [0.25, 0.3) is 0 Å². The first-order chi connectivity index (χ1) is 11.1. The van der Waals surface area contributed by atoms with E-state index in [0.29, 0.717) is 0 Å². The van der Waals surface area contributed by atoms with Gasteiger partial charge < -0.3 is 9.64 Å². The number of methoxy groups -OCH3 is 1. The number of piperazine rings is 1. The second-order valence-corrected chi connectivity index (χ2v) is 6.79. The summed E-state index contributed by atoms with van der Waals surface area (Å²) in [5.74, 6) is 0.908. The minimum atomic E-state index is 0.114. The van der Waals surface area contributed by atoms with Gasteiger partial charge in [-0.25, -0.2) is 0 Å². The molecule has 2 aromatic rings. The Bertz CT molecular complexity index is 606. The van der Waals surface area contributed by atoms with Gasteiger partial charge in [-0.05, 0) is 50.1 Å². The van der Waals surface area contributed by atoms with Crippen LogP contribution in [0.5, 0.6) is 5.75 Å². The molecule has 3 rings (SSSR count). The quantitative estimate of drug-likeness (QED) is 0.921. The first-order valence-electron chi connectivity index (χ1n) is 8.20. The zero-order chi connectivity index (χ0) is 16.3. The zero-order valence-electron chi connectivity index (χ0n) is 14.2. The number of H-pyrrole nitrogens is 1. The fourth-order valence-electron chi connectivity index (χ4n) is 3.39. The van der Waals surface area contributed by atoms with Crippen LogP contribution in [0, 0.1) is 0 Å². The van der Waals surface area contributed by atoms with E-state index in [2.05, 4.69) is 46.0 Å². The minimum Gasteiger partial charge on any atom is -0.497 e. The second-order valence-electron chi connectivity index (χ2n) is 6.79. The molecule has 1 aromatic heterocycles. The SMILES string of the molecule is COc1ccc(N2CCN(CCc3cn[nH]c3)CC2(C)C)cc1. The number of ether oxygens (including phenoxy) is 1. The summed E-state index contributed by atoms with van der Waals surface area (Å²) in [6.07, 6.45) is 4.95. The predicted molar refractivity (Wildman–Crippen MR) is 93.2 cm³/mol. The molecule has 1 aromatic carbocycles. The average molecular weight is 314 g/mol. The lowest BCUT2D eigenvalue weighted by Gasteiger charge is -2.48. The maximum Gasteiger partial charge on any atom is 0.119 e. The molecule has 0 radical (unpaired) electrons. The van der Waals surface area contributed by atoms with Gasteiger partial charge in [0, 0.05) is 43.6 Å². The molecule has 1 aliphatic heterocycles. The summed E-state index contributed by atoms with van der Waals surface area (Å²) in [6, 6.07) is 8.39. The molecule has 1 fully saturated rings. The Hall–Kier alpha value is -2.01. The first-order valence-corrected chi connectivity index (χ1v) is 8.20. The zero-order valence-corrected chi connectivity index (χ0v) is 14.2. The number of rotatable bonds is 5. The van der Waals surface area contributed by atoms with Gasteiger partial charge >= 0.3 is 0 Å². The Balaban J connectivity index is 1.62. The highest BCUT2D eigenvalue weighted by molar-refractivity contribution is 5.51. The molecule has 0 amide bonds. The van der Waals surface area contributed by atoms with Gasteiger partial charge in [-0.1, -0.05) is 0 Å². The van der Waals surface area contributed by atoms with Crippen molar-refractivity contribution in [2.75, 3.05) is 38.2 Å². The van der Waals surface area contributed by atoms with E-state index < -0.39 is 0 Å². The highest BCUT2D eigenvalue weighted by Crippen LogP contribution is 2.29. The van der Waals surface area contributed by atoms with Crippen LogP contribution in [-0.4, -0.2) is 53.9 Å². The van der Waals surface area contributed by atoms with Gasteiger partial charge in [-0.2, -0.15) is 5.10 Å². The van der Waals surface area contributed by atoms with E-state index >= 15 is 0 Å². The van der Waals surface area contributed by atoms with Crippen molar-refractivity contribution in [3.05, 3.63) is 42.2 Å². The number of hydrogen-bond acceptors (Lipinski definition) is 4. The van der Waals surface area contributed by atoms with E-state index in [1.807, 2.05) is 24.5 Å². The van der Waals surface area contributed by atoms with E-state index in [9.17, 15) is 0 Å².